The highest BCUT2D eigenvalue weighted by Crippen LogP contribution is 2.21. The van der Waals surface area contributed by atoms with Crippen LogP contribution in [0.1, 0.15) is 92.9 Å². The Morgan fingerprint density at radius 1 is 0.737 bits per heavy atom. The average molecular weight is 813 g/mol. The number of carbonyl (C=O) groups excluding carboxylic acids is 8. The third-order valence-corrected chi connectivity index (χ3v) is 9.72. The van der Waals surface area contributed by atoms with E-state index in [9.17, 15) is 53.4 Å². The molecule has 0 aromatic rings. The molecule has 1 aliphatic rings. The number of carboxylic acids is 1. The number of amides is 8. The molecule has 0 spiro atoms. The molecule has 1 fully saturated rings. The van der Waals surface area contributed by atoms with Crippen LogP contribution in [-0.2, 0) is 43.2 Å². The minimum absolute atomic E-state index is 0.0213. The molecule has 0 bridgehead atoms. The number of nitrogens with two attached hydrogens (primary N) is 3. The molecule has 0 saturated carbocycles. The molecule has 9 atom stereocenters. The van der Waals surface area contributed by atoms with Gasteiger partial charge < -0.3 is 64.2 Å². The van der Waals surface area contributed by atoms with Gasteiger partial charge in [0.1, 0.15) is 42.3 Å². The minimum Gasteiger partial charge on any atom is -0.480 e. The Bertz CT molecular complexity index is 1430. The summed E-state index contributed by atoms with van der Waals surface area (Å²) in [5.41, 5.74) is 16.5. The number of carbonyl (C=O) groups is 9. The van der Waals surface area contributed by atoms with Crippen molar-refractivity contribution in [2.75, 3.05) is 19.7 Å². The monoisotopic (exact) mass is 812 g/mol. The van der Waals surface area contributed by atoms with Crippen LogP contribution in [0.2, 0.25) is 0 Å². The maximum atomic E-state index is 13.7. The van der Waals surface area contributed by atoms with Crippen LogP contribution in [0.4, 0.5) is 0 Å². The first-order valence-electron chi connectivity index (χ1n) is 19.4. The van der Waals surface area contributed by atoms with Crippen LogP contribution in [0.25, 0.3) is 0 Å². The molecule has 0 aromatic heterocycles. The molecule has 0 aliphatic carbocycles. The summed E-state index contributed by atoms with van der Waals surface area (Å²) in [5.74, 6) is -8.06. The van der Waals surface area contributed by atoms with Crippen molar-refractivity contribution in [3.8, 4) is 0 Å². The quantitative estimate of drug-likeness (QED) is 0.0398. The lowest BCUT2D eigenvalue weighted by molar-refractivity contribution is -0.143. The Labute approximate surface area is 333 Å². The van der Waals surface area contributed by atoms with Gasteiger partial charge in [0, 0.05) is 13.0 Å². The van der Waals surface area contributed by atoms with Crippen LogP contribution < -0.4 is 49.1 Å². The maximum Gasteiger partial charge on any atom is 0.328 e. The number of hydrogen-bond donors (Lipinski definition) is 11. The molecule has 1 saturated heterocycles. The number of nitrogens with one attached hydrogen (secondary N) is 6. The van der Waals surface area contributed by atoms with Gasteiger partial charge in [-0.15, -0.1) is 0 Å². The topological polar surface area (TPSA) is 348 Å². The third-order valence-electron chi connectivity index (χ3n) is 9.72. The van der Waals surface area contributed by atoms with Gasteiger partial charge in [-0.25, -0.2) is 4.79 Å². The van der Waals surface area contributed by atoms with Gasteiger partial charge >= 0.3 is 5.97 Å². The van der Waals surface area contributed by atoms with Crippen molar-refractivity contribution in [1.29, 1.82) is 0 Å². The molecule has 21 nitrogen and oxygen atoms in total. The van der Waals surface area contributed by atoms with E-state index in [0.717, 1.165) is 0 Å². The molecular formula is C36H64N10O11. The number of carboxylic acid groups (broad SMARTS) is 1. The lowest BCUT2D eigenvalue weighted by Gasteiger charge is -2.32. The fourth-order valence-corrected chi connectivity index (χ4v) is 5.94. The molecule has 1 aliphatic heterocycles. The number of rotatable bonds is 25. The molecule has 324 valence electrons. The zero-order valence-electron chi connectivity index (χ0n) is 33.8. The van der Waals surface area contributed by atoms with Crippen molar-refractivity contribution in [2.45, 2.75) is 141 Å². The number of primary amides is 1. The van der Waals surface area contributed by atoms with Gasteiger partial charge in [-0.1, -0.05) is 34.1 Å². The van der Waals surface area contributed by atoms with Crippen molar-refractivity contribution in [1.82, 2.24) is 36.8 Å². The van der Waals surface area contributed by atoms with Gasteiger partial charge in [0.15, 0.2) is 0 Å². The summed E-state index contributed by atoms with van der Waals surface area (Å²) in [6, 6.07) is -9.57. The molecule has 21 heteroatoms. The van der Waals surface area contributed by atoms with Gasteiger partial charge in [-0.05, 0) is 70.8 Å². The second-order valence-corrected chi connectivity index (χ2v) is 14.8. The summed E-state index contributed by atoms with van der Waals surface area (Å²) in [6.45, 7) is 9.43. The van der Waals surface area contributed by atoms with Crippen molar-refractivity contribution in [3.63, 3.8) is 0 Å². The molecule has 1 heterocycles. The first kappa shape index (κ1) is 50.1. The zero-order chi connectivity index (χ0) is 43.6. The van der Waals surface area contributed by atoms with Crippen LogP contribution in [0.15, 0.2) is 0 Å². The maximum absolute atomic E-state index is 13.7. The predicted octanol–water partition coefficient (Wildman–Crippen LogP) is -3.57. The van der Waals surface area contributed by atoms with Gasteiger partial charge in [0.25, 0.3) is 0 Å². The second-order valence-electron chi connectivity index (χ2n) is 14.8. The normalized spacial score (nSPS) is 18.1. The summed E-state index contributed by atoms with van der Waals surface area (Å²) in [5, 5.41) is 33.6. The average Bonchev–Trinajstić information content (AvgIpc) is 3.65. The summed E-state index contributed by atoms with van der Waals surface area (Å²) >= 11 is 0. The standard InChI is InChI=1S/C36H64N10O11/c1-7-19(4)28(45-33(53)25-12-10-16-46(25)35(55)27(18(2)3)44-29(49)20(5)38)34(54)40-21(6)30(50)41-23(13-14-26(39)48)32(52)42-22(11-8-9-15-37)31(51)43-24(17-47)36(56)57/h18-25,27-28,47H,7-17,37-38H2,1-6H3,(H2,39,48)(H,40,54)(H,41,50)(H,42,52)(H,43,51)(H,44,49)(H,45,53)(H,56,57)/t19-,20-,21-,22-,23-,24-,25-,27-,28-/m0/s1. The van der Waals surface area contributed by atoms with E-state index in [1.807, 2.05) is 0 Å². The van der Waals surface area contributed by atoms with Crippen LogP contribution in [0, 0.1) is 11.8 Å². The molecular weight excluding hydrogens is 748 g/mol. The number of unbranched alkanes of at least 4 members (excludes halogenated alkanes) is 1. The van der Waals surface area contributed by atoms with E-state index in [2.05, 4.69) is 31.9 Å². The summed E-state index contributed by atoms with van der Waals surface area (Å²) in [6.07, 6.45) is 1.43. The van der Waals surface area contributed by atoms with E-state index in [1.165, 1.54) is 18.7 Å². The number of aliphatic carboxylic acids is 1. The fraction of sp³-hybridized carbons (Fsp3) is 0.750. The molecule has 8 amide bonds. The van der Waals surface area contributed by atoms with E-state index < -0.39 is 114 Å². The van der Waals surface area contributed by atoms with Crippen LogP contribution in [-0.4, -0.2) is 136 Å². The van der Waals surface area contributed by atoms with E-state index in [-0.39, 0.29) is 38.3 Å². The van der Waals surface area contributed by atoms with Crippen molar-refractivity contribution < 1.29 is 53.4 Å². The first-order valence-corrected chi connectivity index (χ1v) is 19.4. The fourth-order valence-electron chi connectivity index (χ4n) is 5.94. The second kappa shape index (κ2) is 24.7. The largest absolute Gasteiger partial charge is 0.480 e. The summed E-state index contributed by atoms with van der Waals surface area (Å²) < 4.78 is 0. The highest BCUT2D eigenvalue weighted by Gasteiger charge is 2.41. The SMILES string of the molecule is CC[C@H](C)[C@H](NC(=O)[C@@H]1CCCN1C(=O)[C@@H](NC(=O)[C@H](C)N)C(C)C)C(=O)N[C@@H](C)C(=O)N[C@@H](CCC(N)=O)C(=O)N[C@@H](CCCCN)C(=O)N[C@@H](CO)C(=O)O. The van der Waals surface area contributed by atoms with Gasteiger partial charge in [-0.3, -0.25) is 38.4 Å². The Balaban J connectivity index is 3.17. The molecule has 1 rings (SSSR count). The number of aliphatic hydroxyl groups is 1. The Morgan fingerprint density at radius 2 is 1.32 bits per heavy atom. The number of hydrogen-bond acceptors (Lipinski definition) is 12. The third kappa shape index (κ3) is 16.2. The zero-order valence-corrected chi connectivity index (χ0v) is 33.8. The number of nitrogens with zero attached hydrogens (tertiary/aromatic N) is 1. The lowest BCUT2D eigenvalue weighted by atomic mass is 9.97. The van der Waals surface area contributed by atoms with Gasteiger partial charge in [0.05, 0.1) is 12.6 Å². The Kier molecular flexibility index (Phi) is 21.7. The highest BCUT2D eigenvalue weighted by molar-refractivity contribution is 5.98. The lowest BCUT2D eigenvalue weighted by Crippen LogP contribution is -2.60. The van der Waals surface area contributed by atoms with E-state index in [0.29, 0.717) is 32.1 Å². The Morgan fingerprint density at radius 3 is 1.82 bits per heavy atom. The molecule has 0 radical (unpaired) electrons. The molecule has 57 heavy (non-hydrogen) atoms. The van der Waals surface area contributed by atoms with Crippen LogP contribution >= 0.6 is 0 Å². The van der Waals surface area contributed by atoms with E-state index >= 15 is 0 Å². The molecule has 14 N–H and O–H groups in total. The number of likely N-dealkylation sites (tertiary alicyclic amines) is 1. The summed E-state index contributed by atoms with van der Waals surface area (Å²) in [7, 11) is 0. The smallest absolute Gasteiger partial charge is 0.328 e. The van der Waals surface area contributed by atoms with Crippen molar-refractivity contribution in [2.24, 2.45) is 29.0 Å². The summed E-state index contributed by atoms with van der Waals surface area (Å²) in [4.78, 5) is 117. The number of aliphatic hydroxyl groups excluding tert-OH is 1. The molecule has 0 unspecified atom stereocenters. The van der Waals surface area contributed by atoms with E-state index in [1.54, 1.807) is 27.7 Å². The molecule has 0 aromatic carbocycles. The minimum atomic E-state index is -1.65. The highest BCUT2D eigenvalue weighted by atomic mass is 16.4. The van der Waals surface area contributed by atoms with Crippen LogP contribution in [0.5, 0.6) is 0 Å². The van der Waals surface area contributed by atoms with E-state index in [4.69, 9.17) is 17.2 Å². The predicted molar refractivity (Wildman–Crippen MR) is 206 cm³/mol. The van der Waals surface area contributed by atoms with Crippen LogP contribution in [0.3, 0.4) is 0 Å². The van der Waals surface area contributed by atoms with Crippen molar-refractivity contribution in [3.05, 3.63) is 0 Å². The van der Waals surface area contributed by atoms with Gasteiger partial charge in [0.2, 0.25) is 47.3 Å². The first-order chi connectivity index (χ1) is 26.7. The van der Waals surface area contributed by atoms with Gasteiger partial charge in [-0.2, -0.15) is 0 Å². The Hall–Kier alpha value is -4.89. The van der Waals surface area contributed by atoms with Crippen molar-refractivity contribution >= 4 is 53.2 Å².